The Labute approximate surface area is 92.9 Å². The van der Waals surface area contributed by atoms with E-state index in [-0.39, 0.29) is 6.61 Å². The maximum atomic E-state index is 11.8. The highest BCUT2D eigenvalue weighted by atomic mass is 19.4. The Kier molecular flexibility index (Phi) is 3.71. The second kappa shape index (κ2) is 4.89. The number of alkyl halides is 3. The third kappa shape index (κ3) is 3.33. The lowest BCUT2D eigenvalue weighted by Crippen LogP contribution is -2.40. The van der Waals surface area contributed by atoms with Crippen LogP contribution in [0.5, 0.6) is 0 Å². The summed E-state index contributed by atoms with van der Waals surface area (Å²) in [6, 6.07) is 0.472. The molecule has 3 nitrogen and oxygen atoms in total. The number of fused-ring (bicyclic) bond motifs is 1. The Bertz CT molecular complexity index is 221. The van der Waals surface area contributed by atoms with Crippen molar-refractivity contribution in [2.45, 2.75) is 25.2 Å². The van der Waals surface area contributed by atoms with Gasteiger partial charge in [-0.25, -0.2) is 0 Å². The zero-order valence-corrected chi connectivity index (χ0v) is 9.09. The zero-order valence-electron chi connectivity index (χ0n) is 9.09. The van der Waals surface area contributed by atoms with Gasteiger partial charge in [0.1, 0.15) is 0 Å². The number of ether oxygens (including phenoxy) is 1. The molecule has 0 bridgehead atoms. The maximum Gasteiger partial charge on any atom is 0.522 e. The molecule has 2 rings (SSSR count). The lowest BCUT2D eigenvalue weighted by atomic mass is 9.94. The summed E-state index contributed by atoms with van der Waals surface area (Å²) in [5.41, 5.74) is 0. The van der Waals surface area contributed by atoms with Crippen LogP contribution >= 0.6 is 0 Å². The first-order valence-corrected chi connectivity index (χ1v) is 5.71. The van der Waals surface area contributed by atoms with Crippen LogP contribution in [0.15, 0.2) is 0 Å². The van der Waals surface area contributed by atoms with E-state index in [9.17, 15) is 13.2 Å². The molecule has 0 aromatic carbocycles. The molecule has 2 aliphatic rings. The first kappa shape index (κ1) is 12.1. The molecule has 0 amide bonds. The van der Waals surface area contributed by atoms with Crippen LogP contribution in [0.1, 0.15) is 12.8 Å². The van der Waals surface area contributed by atoms with Gasteiger partial charge in [-0.15, -0.1) is 13.2 Å². The minimum absolute atomic E-state index is 0.261. The average Bonchev–Trinajstić information content (AvgIpc) is 2.57. The van der Waals surface area contributed by atoms with Crippen LogP contribution in [0.3, 0.4) is 0 Å². The Morgan fingerprint density at radius 3 is 2.81 bits per heavy atom. The normalized spacial score (nSPS) is 31.7. The fourth-order valence-corrected chi connectivity index (χ4v) is 2.61. The summed E-state index contributed by atoms with van der Waals surface area (Å²) in [5.74, 6) is 0.611. The first-order chi connectivity index (χ1) is 7.54. The Morgan fingerprint density at radius 1 is 1.31 bits per heavy atom. The molecule has 0 spiro atoms. The van der Waals surface area contributed by atoms with Crippen LogP contribution in [0.25, 0.3) is 0 Å². The number of hydrogen-bond acceptors (Lipinski definition) is 3. The number of nitrogens with one attached hydrogen (secondary N) is 1. The van der Waals surface area contributed by atoms with Gasteiger partial charge in [-0.3, -0.25) is 9.64 Å². The Balaban J connectivity index is 1.68. The van der Waals surface area contributed by atoms with E-state index in [1.807, 2.05) is 0 Å². The lowest BCUT2D eigenvalue weighted by molar-refractivity contribution is -0.324. The van der Waals surface area contributed by atoms with Crippen molar-refractivity contribution in [3.63, 3.8) is 0 Å². The van der Waals surface area contributed by atoms with Crippen LogP contribution in [-0.4, -0.2) is 50.1 Å². The Hall–Kier alpha value is -0.330. The summed E-state index contributed by atoms with van der Waals surface area (Å²) in [7, 11) is 0. The van der Waals surface area contributed by atoms with Gasteiger partial charge in [0, 0.05) is 25.7 Å². The maximum absolute atomic E-state index is 11.8. The number of nitrogens with zero attached hydrogens (tertiary/aromatic N) is 1. The topological polar surface area (TPSA) is 24.5 Å². The van der Waals surface area contributed by atoms with E-state index < -0.39 is 6.36 Å². The molecule has 2 fully saturated rings. The van der Waals surface area contributed by atoms with Gasteiger partial charge in [-0.2, -0.15) is 0 Å². The fourth-order valence-electron chi connectivity index (χ4n) is 2.61. The fraction of sp³-hybridized carbons (Fsp3) is 1.00. The highest BCUT2D eigenvalue weighted by Gasteiger charge is 2.35. The van der Waals surface area contributed by atoms with Gasteiger partial charge >= 0.3 is 6.36 Å². The average molecular weight is 238 g/mol. The van der Waals surface area contributed by atoms with Crippen molar-refractivity contribution >= 4 is 0 Å². The second-order valence-corrected chi connectivity index (χ2v) is 4.52. The van der Waals surface area contributed by atoms with E-state index in [0.29, 0.717) is 18.5 Å². The molecule has 94 valence electrons. The number of halogens is 3. The summed E-state index contributed by atoms with van der Waals surface area (Å²) in [6.45, 7) is 2.90. The summed E-state index contributed by atoms with van der Waals surface area (Å²) >= 11 is 0. The molecule has 2 aliphatic heterocycles. The van der Waals surface area contributed by atoms with Gasteiger partial charge in [0.15, 0.2) is 0 Å². The van der Waals surface area contributed by atoms with Gasteiger partial charge < -0.3 is 5.32 Å². The predicted octanol–water partition coefficient (Wildman–Crippen LogP) is 1.21. The van der Waals surface area contributed by atoms with E-state index >= 15 is 0 Å². The van der Waals surface area contributed by atoms with E-state index in [2.05, 4.69) is 15.0 Å². The third-order valence-corrected chi connectivity index (χ3v) is 3.35. The monoisotopic (exact) mass is 238 g/mol. The quantitative estimate of drug-likeness (QED) is 0.799. The molecule has 0 aromatic rings. The lowest BCUT2D eigenvalue weighted by Gasteiger charge is -2.24. The Morgan fingerprint density at radius 2 is 2.12 bits per heavy atom. The number of hydrogen-bond donors (Lipinski definition) is 1. The summed E-state index contributed by atoms with van der Waals surface area (Å²) < 4.78 is 39.1. The minimum Gasteiger partial charge on any atom is -0.312 e. The highest BCUT2D eigenvalue weighted by molar-refractivity contribution is 4.91. The van der Waals surface area contributed by atoms with Crippen LogP contribution in [0.4, 0.5) is 13.2 Å². The van der Waals surface area contributed by atoms with Gasteiger partial charge in [-0.05, 0) is 25.3 Å². The molecule has 6 heteroatoms. The SMILES string of the molecule is FC(F)(F)OCCN1CC2CCCNC2C1. The van der Waals surface area contributed by atoms with Crippen molar-refractivity contribution in [1.82, 2.24) is 10.2 Å². The van der Waals surface area contributed by atoms with E-state index in [1.54, 1.807) is 0 Å². The number of rotatable bonds is 3. The minimum atomic E-state index is -4.50. The van der Waals surface area contributed by atoms with Gasteiger partial charge in [0.05, 0.1) is 6.61 Å². The molecular weight excluding hydrogens is 221 g/mol. The summed E-state index contributed by atoms with van der Waals surface area (Å²) in [4.78, 5) is 2.05. The molecule has 2 atom stereocenters. The van der Waals surface area contributed by atoms with Gasteiger partial charge in [0.2, 0.25) is 0 Å². The standard InChI is InChI=1S/C10H17F3N2O/c11-10(12,13)16-5-4-15-6-8-2-1-3-14-9(8)7-15/h8-9,14H,1-7H2. The smallest absolute Gasteiger partial charge is 0.312 e. The number of piperidine rings is 1. The zero-order chi connectivity index (χ0) is 11.6. The largest absolute Gasteiger partial charge is 0.522 e. The van der Waals surface area contributed by atoms with Crippen molar-refractivity contribution in [1.29, 1.82) is 0 Å². The van der Waals surface area contributed by atoms with Crippen LogP contribution in [-0.2, 0) is 4.74 Å². The molecule has 2 heterocycles. The molecule has 0 radical (unpaired) electrons. The van der Waals surface area contributed by atoms with Crippen LogP contribution in [0.2, 0.25) is 0 Å². The molecule has 2 saturated heterocycles. The molecule has 2 unspecified atom stereocenters. The van der Waals surface area contributed by atoms with Crippen molar-refractivity contribution in [2.24, 2.45) is 5.92 Å². The molecule has 16 heavy (non-hydrogen) atoms. The first-order valence-electron chi connectivity index (χ1n) is 5.71. The van der Waals surface area contributed by atoms with Crippen LogP contribution in [0, 0.1) is 5.92 Å². The molecular formula is C10H17F3N2O. The molecule has 0 aromatic heterocycles. The van der Waals surface area contributed by atoms with E-state index in [4.69, 9.17) is 0 Å². The van der Waals surface area contributed by atoms with E-state index in [1.165, 1.54) is 12.8 Å². The second-order valence-electron chi connectivity index (χ2n) is 4.52. The molecule has 1 N–H and O–H groups in total. The van der Waals surface area contributed by atoms with Gasteiger partial charge in [0.25, 0.3) is 0 Å². The third-order valence-electron chi connectivity index (χ3n) is 3.35. The molecule has 0 saturated carbocycles. The predicted molar refractivity (Wildman–Crippen MR) is 53.0 cm³/mol. The van der Waals surface area contributed by atoms with E-state index in [0.717, 1.165) is 19.6 Å². The van der Waals surface area contributed by atoms with Gasteiger partial charge in [-0.1, -0.05) is 0 Å². The highest BCUT2D eigenvalue weighted by Crippen LogP contribution is 2.24. The number of likely N-dealkylation sites (tertiary alicyclic amines) is 1. The summed E-state index contributed by atoms with van der Waals surface area (Å²) in [6.07, 6.45) is -2.13. The molecule has 0 aliphatic carbocycles. The summed E-state index contributed by atoms with van der Waals surface area (Å²) in [5, 5.41) is 3.41. The van der Waals surface area contributed by atoms with Crippen molar-refractivity contribution in [2.75, 3.05) is 32.8 Å². The van der Waals surface area contributed by atoms with Crippen LogP contribution < -0.4 is 5.32 Å². The van der Waals surface area contributed by atoms with Crippen molar-refractivity contribution in [3.8, 4) is 0 Å². The van der Waals surface area contributed by atoms with Crippen molar-refractivity contribution in [3.05, 3.63) is 0 Å². The van der Waals surface area contributed by atoms with Crippen molar-refractivity contribution < 1.29 is 17.9 Å².